The summed E-state index contributed by atoms with van der Waals surface area (Å²) in [6.45, 7) is 5.55. The fraction of sp³-hybridized carbons (Fsp3) is 0.440. The summed E-state index contributed by atoms with van der Waals surface area (Å²) in [6, 6.07) is 7.33. The number of nitrogens with one attached hydrogen (secondary N) is 3. The number of ether oxygens (including phenoxy) is 2. The van der Waals surface area contributed by atoms with Gasteiger partial charge in [0.05, 0.1) is 18.1 Å². The Morgan fingerprint density at radius 2 is 1.82 bits per heavy atom. The molecule has 0 saturated heterocycles. The van der Waals surface area contributed by atoms with Crippen LogP contribution in [0.5, 0.6) is 5.75 Å². The Morgan fingerprint density at radius 3 is 2.53 bits per heavy atom. The molecule has 9 nitrogen and oxygen atoms in total. The van der Waals surface area contributed by atoms with Gasteiger partial charge in [0.15, 0.2) is 5.78 Å². The molecule has 3 aromatic rings. The number of amides is 1. The first kappa shape index (κ1) is 23.5. The second kappa shape index (κ2) is 9.70. The Kier molecular flexibility index (Phi) is 6.72. The number of ketones is 1. The second-order valence-electron chi connectivity index (χ2n) is 9.55. The zero-order valence-electron chi connectivity index (χ0n) is 20.0. The summed E-state index contributed by atoms with van der Waals surface area (Å²) in [7, 11) is 1.57. The van der Waals surface area contributed by atoms with Crippen molar-refractivity contribution in [1.82, 2.24) is 20.3 Å². The highest BCUT2D eigenvalue weighted by molar-refractivity contribution is 6.18. The number of H-pyrrole nitrogens is 1. The highest BCUT2D eigenvalue weighted by atomic mass is 16.6. The van der Waals surface area contributed by atoms with Crippen molar-refractivity contribution >= 4 is 28.7 Å². The third-order valence-corrected chi connectivity index (χ3v) is 5.84. The molecule has 0 aliphatic heterocycles. The van der Waals surface area contributed by atoms with Crippen molar-refractivity contribution in [2.75, 3.05) is 12.4 Å². The number of rotatable bonds is 6. The molecule has 2 heterocycles. The number of benzene rings is 1. The lowest BCUT2D eigenvalue weighted by molar-refractivity contribution is 0.0492. The standard InChI is InChI=1S/C25H31N5O4/c1-25(2,3)34-24(32)30-17-10-8-16(9-11-17)29-23-20-19(13-26-22(20)27-14-28-23)21(31)15-6-5-7-18(12-15)33-4/h5-7,12-14,16-17H,8-11H2,1-4H3,(H,30,32)(H2,26,27,28,29). The molecular weight excluding hydrogens is 434 g/mol. The van der Waals surface area contributed by atoms with Crippen molar-refractivity contribution in [3.63, 3.8) is 0 Å². The smallest absolute Gasteiger partial charge is 0.407 e. The maximum atomic E-state index is 13.3. The van der Waals surface area contributed by atoms with Crippen LogP contribution in [0.4, 0.5) is 10.6 Å². The van der Waals surface area contributed by atoms with E-state index in [0.717, 1.165) is 25.7 Å². The van der Waals surface area contributed by atoms with E-state index in [4.69, 9.17) is 9.47 Å². The van der Waals surface area contributed by atoms with E-state index in [9.17, 15) is 9.59 Å². The molecule has 1 aliphatic carbocycles. The van der Waals surface area contributed by atoms with Crippen LogP contribution in [-0.2, 0) is 4.74 Å². The van der Waals surface area contributed by atoms with Gasteiger partial charge < -0.3 is 25.1 Å². The summed E-state index contributed by atoms with van der Waals surface area (Å²) < 4.78 is 10.6. The zero-order chi connectivity index (χ0) is 24.3. The third kappa shape index (κ3) is 5.47. The number of nitrogens with zero attached hydrogens (tertiary/aromatic N) is 2. The summed E-state index contributed by atoms with van der Waals surface area (Å²) >= 11 is 0. The van der Waals surface area contributed by atoms with Crippen molar-refractivity contribution < 1.29 is 19.1 Å². The Morgan fingerprint density at radius 1 is 1.09 bits per heavy atom. The van der Waals surface area contributed by atoms with Gasteiger partial charge in [0.2, 0.25) is 0 Å². The van der Waals surface area contributed by atoms with Gasteiger partial charge in [-0.3, -0.25) is 4.79 Å². The molecule has 1 aliphatic rings. The zero-order valence-corrected chi connectivity index (χ0v) is 20.0. The van der Waals surface area contributed by atoms with E-state index in [0.29, 0.717) is 33.7 Å². The second-order valence-corrected chi connectivity index (χ2v) is 9.55. The molecular formula is C25H31N5O4. The minimum absolute atomic E-state index is 0.0794. The number of fused-ring (bicyclic) bond motifs is 1. The molecule has 1 saturated carbocycles. The molecule has 1 fully saturated rings. The van der Waals surface area contributed by atoms with Crippen LogP contribution in [-0.4, -0.2) is 51.6 Å². The summed E-state index contributed by atoms with van der Waals surface area (Å²) in [5.41, 5.74) is 1.12. The van der Waals surface area contributed by atoms with E-state index in [1.165, 1.54) is 6.33 Å². The van der Waals surface area contributed by atoms with Crippen LogP contribution < -0.4 is 15.4 Å². The Labute approximate surface area is 198 Å². The molecule has 2 aromatic heterocycles. The van der Waals surface area contributed by atoms with E-state index in [1.807, 2.05) is 20.8 Å². The largest absolute Gasteiger partial charge is 0.497 e. The predicted molar refractivity (Wildman–Crippen MR) is 129 cm³/mol. The van der Waals surface area contributed by atoms with Crippen molar-refractivity contribution in [3.8, 4) is 5.75 Å². The highest BCUT2D eigenvalue weighted by Crippen LogP contribution is 2.29. The van der Waals surface area contributed by atoms with E-state index in [-0.39, 0.29) is 24.0 Å². The Balaban J connectivity index is 1.46. The van der Waals surface area contributed by atoms with Crippen LogP contribution in [0.3, 0.4) is 0 Å². The molecule has 34 heavy (non-hydrogen) atoms. The summed E-state index contributed by atoms with van der Waals surface area (Å²) in [5.74, 6) is 1.12. The quantitative estimate of drug-likeness (QED) is 0.460. The topological polar surface area (TPSA) is 118 Å². The Bertz CT molecular complexity index is 1180. The molecule has 0 atom stereocenters. The van der Waals surface area contributed by atoms with Gasteiger partial charge >= 0.3 is 6.09 Å². The molecule has 3 N–H and O–H groups in total. The van der Waals surface area contributed by atoms with Crippen LogP contribution in [0, 0.1) is 0 Å². The first-order valence-electron chi connectivity index (χ1n) is 11.5. The number of methoxy groups -OCH3 is 1. The van der Waals surface area contributed by atoms with Crippen LogP contribution in [0.2, 0.25) is 0 Å². The fourth-order valence-corrected chi connectivity index (χ4v) is 4.22. The molecule has 9 heteroatoms. The average molecular weight is 466 g/mol. The van der Waals surface area contributed by atoms with E-state index >= 15 is 0 Å². The van der Waals surface area contributed by atoms with Gasteiger partial charge in [-0.15, -0.1) is 0 Å². The van der Waals surface area contributed by atoms with Gasteiger partial charge in [-0.2, -0.15) is 0 Å². The summed E-state index contributed by atoms with van der Waals surface area (Å²) in [5, 5.41) is 7.13. The number of carbonyl (C=O) groups excluding carboxylic acids is 2. The predicted octanol–water partition coefficient (Wildman–Crippen LogP) is 4.45. The molecule has 4 rings (SSSR count). The van der Waals surface area contributed by atoms with Gasteiger partial charge in [0.25, 0.3) is 0 Å². The molecule has 0 spiro atoms. The molecule has 1 aromatic carbocycles. The lowest BCUT2D eigenvalue weighted by Gasteiger charge is -2.30. The summed E-state index contributed by atoms with van der Waals surface area (Å²) in [4.78, 5) is 37.2. The number of alkyl carbamates (subject to hydrolysis) is 1. The highest BCUT2D eigenvalue weighted by Gasteiger charge is 2.26. The third-order valence-electron chi connectivity index (χ3n) is 5.84. The Hall–Kier alpha value is -3.62. The van der Waals surface area contributed by atoms with Crippen molar-refractivity contribution in [2.45, 2.75) is 64.1 Å². The normalized spacial score (nSPS) is 18.4. The number of hydrogen-bond donors (Lipinski definition) is 3. The monoisotopic (exact) mass is 465 g/mol. The first-order chi connectivity index (χ1) is 16.2. The van der Waals surface area contributed by atoms with Crippen LogP contribution in [0.25, 0.3) is 11.0 Å². The van der Waals surface area contributed by atoms with Gasteiger partial charge in [0.1, 0.15) is 29.1 Å². The fourth-order valence-electron chi connectivity index (χ4n) is 4.22. The number of aromatic nitrogens is 3. The van der Waals surface area contributed by atoms with E-state index in [1.54, 1.807) is 37.6 Å². The number of carbonyl (C=O) groups is 2. The van der Waals surface area contributed by atoms with Crippen LogP contribution in [0.15, 0.2) is 36.8 Å². The maximum absolute atomic E-state index is 13.3. The van der Waals surface area contributed by atoms with E-state index < -0.39 is 5.60 Å². The van der Waals surface area contributed by atoms with E-state index in [2.05, 4.69) is 25.6 Å². The number of hydrogen-bond acceptors (Lipinski definition) is 7. The summed E-state index contributed by atoms with van der Waals surface area (Å²) in [6.07, 6.45) is 6.15. The molecule has 1 amide bonds. The molecule has 0 unspecified atom stereocenters. The average Bonchev–Trinajstić information content (AvgIpc) is 3.24. The maximum Gasteiger partial charge on any atom is 0.407 e. The van der Waals surface area contributed by atoms with Crippen molar-refractivity contribution in [1.29, 1.82) is 0 Å². The lowest BCUT2D eigenvalue weighted by atomic mass is 9.91. The van der Waals surface area contributed by atoms with Gasteiger partial charge in [-0.25, -0.2) is 14.8 Å². The van der Waals surface area contributed by atoms with Gasteiger partial charge in [-0.1, -0.05) is 12.1 Å². The van der Waals surface area contributed by atoms with Gasteiger partial charge in [-0.05, 0) is 58.6 Å². The van der Waals surface area contributed by atoms with Crippen molar-refractivity contribution in [2.24, 2.45) is 0 Å². The number of aromatic amines is 1. The first-order valence-corrected chi connectivity index (χ1v) is 11.5. The SMILES string of the molecule is COc1cccc(C(=O)c2c[nH]c3ncnc(NC4CCC(NC(=O)OC(C)(C)C)CC4)c23)c1. The molecule has 0 radical (unpaired) electrons. The van der Waals surface area contributed by atoms with Crippen molar-refractivity contribution in [3.05, 3.63) is 47.9 Å². The van der Waals surface area contributed by atoms with Gasteiger partial charge in [0, 0.05) is 23.8 Å². The lowest BCUT2D eigenvalue weighted by Crippen LogP contribution is -2.42. The van der Waals surface area contributed by atoms with Crippen LogP contribution >= 0.6 is 0 Å². The molecule has 0 bridgehead atoms. The van der Waals surface area contributed by atoms with Crippen LogP contribution in [0.1, 0.15) is 62.4 Å². The minimum atomic E-state index is -0.516. The number of anilines is 1. The molecule has 180 valence electrons. The minimum Gasteiger partial charge on any atom is -0.497 e.